The Morgan fingerprint density at radius 1 is 1.53 bits per heavy atom. The van der Waals surface area contributed by atoms with Crippen LogP contribution in [0.4, 0.5) is 0 Å². The molecule has 2 rings (SSSR count). The van der Waals surface area contributed by atoms with Crippen molar-refractivity contribution in [2.45, 2.75) is 38.7 Å². The number of hydrogen-bond acceptors (Lipinski definition) is 2. The van der Waals surface area contributed by atoms with Crippen molar-refractivity contribution in [3.05, 3.63) is 41.5 Å². The van der Waals surface area contributed by atoms with Gasteiger partial charge in [-0.2, -0.15) is 0 Å². The molecule has 0 aliphatic heterocycles. The largest absolute Gasteiger partial charge is 0.493 e. The third-order valence-electron chi connectivity index (χ3n) is 3.20. The summed E-state index contributed by atoms with van der Waals surface area (Å²) in [6.07, 6.45) is 3.56. The van der Waals surface area contributed by atoms with Gasteiger partial charge in [0.15, 0.2) is 0 Å². The van der Waals surface area contributed by atoms with E-state index >= 15 is 0 Å². The number of fused-ring (bicyclic) bond motifs is 1. The second-order valence-corrected chi connectivity index (χ2v) is 4.82. The maximum Gasteiger partial charge on any atom is 0.119 e. The molecule has 17 heavy (non-hydrogen) atoms. The van der Waals surface area contributed by atoms with E-state index in [1.165, 1.54) is 5.56 Å². The zero-order valence-corrected chi connectivity index (χ0v) is 10.4. The molecule has 1 aromatic carbocycles. The van der Waals surface area contributed by atoms with Crippen LogP contribution in [-0.2, 0) is 6.42 Å². The number of aliphatic hydroxyl groups is 1. The molecule has 1 atom stereocenters. The fourth-order valence-corrected chi connectivity index (χ4v) is 2.19. The Morgan fingerprint density at radius 3 is 3.12 bits per heavy atom. The molecule has 0 bridgehead atoms. The third-order valence-corrected chi connectivity index (χ3v) is 3.20. The smallest absolute Gasteiger partial charge is 0.119 e. The van der Waals surface area contributed by atoms with E-state index in [2.05, 4.69) is 12.6 Å². The molecule has 0 saturated carbocycles. The second-order valence-electron chi connectivity index (χ2n) is 4.82. The fourth-order valence-electron chi connectivity index (χ4n) is 2.19. The van der Waals surface area contributed by atoms with E-state index < -0.39 is 0 Å². The Bertz CT molecular complexity index is 409. The number of aryl methyl sites for hydroxylation is 1. The van der Waals surface area contributed by atoms with Gasteiger partial charge in [-0.15, -0.1) is 6.58 Å². The Labute approximate surface area is 103 Å². The predicted octanol–water partition coefficient (Wildman–Crippen LogP) is 3.40. The standard InChI is InChI=1S/C15H20O2/c1-11(2)8-9-17-13-7-6-12-4-3-5-15(16)14(12)10-13/h6-7,10,15-16H,1,3-5,8-9H2,2H3/t15-/m1/s1. The summed E-state index contributed by atoms with van der Waals surface area (Å²) >= 11 is 0. The van der Waals surface area contributed by atoms with Crippen LogP contribution in [0.5, 0.6) is 5.75 Å². The molecule has 0 aromatic heterocycles. The van der Waals surface area contributed by atoms with Gasteiger partial charge < -0.3 is 9.84 Å². The number of rotatable bonds is 4. The van der Waals surface area contributed by atoms with E-state index in [1.54, 1.807) is 0 Å². The van der Waals surface area contributed by atoms with E-state index in [0.29, 0.717) is 6.61 Å². The van der Waals surface area contributed by atoms with Crippen LogP contribution >= 0.6 is 0 Å². The molecule has 0 fully saturated rings. The second kappa shape index (κ2) is 5.37. The fraction of sp³-hybridized carbons (Fsp3) is 0.467. The normalized spacial score (nSPS) is 18.6. The van der Waals surface area contributed by atoms with Crippen LogP contribution in [0.1, 0.15) is 43.4 Å². The highest BCUT2D eigenvalue weighted by Gasteiger charge is 2.18. The van der Waals surface area contributed by atoms with Crippen LogP contribution in [0.25, 0.3) is 0 Å². The van der Waals surface area contributed by atoms with Crippen LogP contribution < -0.4 is 4.74 Å². The number of aliphatic hydroxyl groups excluding tert-OH is 1. The molecule has 92 valence electrons. The minimum Gasteiger partial charge on any atom is -0.493 e. The van der Waals surface area contributed by atoms with E-state index in [4.69, 9.17) is 4.74 Å². The molecular weight excluding hydrogens is 212 g/mol. The summed E-state index contributed by atoms with van der Waals surface area (Å²) in [4.78, 5) is 0. The molecular formula is C15H20O2. The highest BCUT2D eigenvalue weighted by molar-refractivity contribution is 5.38. The van der Waals surface area contributed by atoms with Crippen molar-refractivity contribution >= 4 is 0 Å². The molecule has 0 amide bonds. The van der Waals surface area contributed by atoms with Crippen LogP contribution in [0.3, 0.4) is 0 Å². The van der Waals surface area contributed by atoms with Crippen molar-refractivity contribution in [2.24, 2.45) is 0 Å². The lowest BCUT2D eigenvalue weighted by molar-refractivity contribution is 0.156. The molecule has 0 radical (unpaired) electrons. The molecule has 1 aromatic rings. The molecule has 1 aliphatic carbocycles. The predicted molar refractivity (Wildman–Crippen MR) is 69.3 cm³/mol. The number of hydrogen-bond donors (Lipinski definition) is 1. The lowest BCUT2D eigenvalue weighted by Gasteiger charge is -2.22. The molecule has 0 heterocycles. The summed E-state index contributed by atoms with van der Waals surface area (Å²) in [5, 5.41) is 9.93. The zero-order valence-electron chi connectivity index (χ0n) is 10.4. The summed E-state index contributed by atoms with van der Waals surface area (Å²) in [6, 6.07) is 6.06. The minimum absolute atomic E-state index is 0.316. The lowest BCUT2D eigenvalue weighted by Crippen LogP contribution is -2.09. The van der Waals surface area contributed by atoms with Crippen molar-refractivity contribution in [2.75, 3.05) is 6.61 Å². The van der Waals surface area contributed by atoms with Gasteiger partial charge >= 0.3 is 0 Å². The van der Waals surface area contributed by atoms with E-state index in [9.17, 15) is 5.11 Å². The molecule has 1 aliphatic rings. The zero-order chi connectivity index (χ0) is 12.3. The van der Waals surface area contributed by atoms with Gasteiger partial charge in [-0.3, -0.25) is 0 Å². The molecule has 0 saturated heterocycles. The van der Waals surface area contributed by atoms with E-state index in [1.807, 2.05) is 19.1 Å². The Hall–Kier alpha value is -1.28. The van der Waals surface area contributed by atoms with Gasteiger partial charge in [0.1, 0.15) is 5.75 Å². The summed E-state index contributed by atoms with van der Waals surface area (Å²) in [6.45, 7) is 6.51. The average Bonchev–Trinajstić information content (AvgIpc) is 2.30. The van der Waals surface area contributed by atoms with Gasteiger partial charge in [0.05, 0.1) is 12.7 Å². The third kappa shape index (κ3) is 3.10. The summed E-state index contributed by atoms with van der Waals surface area (Å²) in [7, 11) is 0. The maximum absolute atomic E-state index is 9.93. The van der Waals surface area contributed by atoms with Crippen LogP contribution in [0.2, 0.25) is 0 Å². The molecule has 2 nitrogen and oxygen atoms in total. The Kier molecular flexibility index (Phi) is 3.85. The van der Waals surface area contributed by atoms with Crippen LogP contribution in [-0.4, -0.2) is 11.7 Å². The van der Waals surface area contributed by atoms with Gasteiger partial charge in [-0.25, -0.2) is 0 Å². The summed E-state index contributed by atoms with van der Waals surface area (Å²) in [5.41, 5.74) is 3.43. The van der Waals surface area contributed by atoms with Crippen LogP contribution in [0.15, 0.2) is 30.4 Å². The maximum atomic E-state index is 9.93. The highest BCUT2D eigenvalue weighted by atomic mass is 16.5. The molecule has 1 N–H and O–H groups in total. The number of ether oxygens (including phenoxy) is 1. The Morgan fingerprint density at radius 2 is 2.35 bits per heavy atom. The first kappa shape index (κ1) is 12.2. The van der Waals surface area contributed by atoms with Crippen LogP contribution in [0, 0.1) is 0 Å². The van der Waals surface area contributed by atoms with Gasteiger partial charge in [0.25, 0.3) is 0 Å². The SMILES string of the molecule is C=C(C)CCOc1ccc2c(c1)[C@H](O)CCC2. The van der Waals surface area contributed by atoms with Gasteiger partial charge in [0, 0.05) is 6.42 Å². The lowest BCUT2D eigenvalue weighted by atomic mass is 9.89. The quantitative estimate of drug-likeness (QED) is 0.806. The topological polar surface area (TPSA) is 29.5 Å². The van der Waals surface area contributed by atoms with Crippen molar-refractivity contribution in [1.82, 2.24) is 0 Å². The van der Waals surface area contributed by atoms with E-state index in [0.717, 1.165) is 42.6 Å². The van der Waals surface area contributed by atoms with Crippen molar-refractivity contribution in [3.8, 4) is 5.75 Å². The van der Waals surface area contributed by atoms with Gasteiger partial charge in [0.2, 0.25) is 0 Å². The first-order valence-electron chi connectivity index (χ1n) is 6.25. The van der Waals surface area contributed by atoms with Gasteiger partial charge in [-0.1, -0.05) is 11.6 Å². The monoisotopic (exact) mass is 232 g/mol. The first-order valence-corrected chi connectivity index (χ1v) is 6.25. The first-order chi connectivity index (χ1) is 8.16. The summed E-state index contributed by atoms with van der Waals surface area (Å²) in [5.74, 6) is 0.853. The Balaban J connectivity index is 2.04. The van der Waals surface area contributed by atoms with Crippen molar-refractivity contribution in [1.29, 1.82) is 0 Å². The molecule has 2 heteroatoms. The van der Waals surface area contributed by atoms with Gasteiger partial charge in [-0.05, 0) is 49.4 Å². The minimum atomic E-state index is -0.316. The van der Waals surface area contributed by atoms with Crippen molar-refractivity contribution < 1.29 is 9.84 Å². The highest BCUT2D eigenvalue weighted by Crippen LogP contribution is 2.32. The van der Waals surface area contributed by atoms with E-state index in [-0.39, 0.29) is 6.10 Å². The van der Waals surface area contributed by atoms with Crippen molar-refractivity contribution in [3.63, 3.8) is 0 Å². The average molecular weight is 232 g/mol. The summed E-state index contributed by atoms with van der Waals surface area (Å²) < 4.78 is 5.66. The molecule has 0 unspecified atom stereocenters. The molecule has 0 spiro atoms. The number of benzene rings is 1.